The zero-order chi connectivity index (χ0) is 21.7. The van der Waals surface area contributed by atoms with Crippen LogP contribution in [0.25, 0.3) is 11.3 Å². The lowest BCUT2D eigenvalue weighted by atomic mass is 9.83. The Bertz CT molecular complexity index is 1220. The molecular weight excluding hydrogens is 419 g/mol. The molecule has 0 bridgehead atoms. The first kappa shape index (κ1) is 20.4. The van der Waals surface area contributed by atoms with Crippen molar-refractivity contribution < 1.29 is 26.3 Å². The van der Waals surface area contributed by atoms with E-state index in [1.165, 1.54) is 29.1 Å². The molecule has 0 spiro atoms. The molecular formula is C20H18F3N3O3S. The number of fused-ring (bicyclic) bond motifs is 1. The van der Waals surface area contributed by atoms with Gasteiger partial charge in [0.1, 0.15) is 5.75 Å². The SMILES string of the molecule is Cn1nccc1-c1cc(C(F)(F)F)ccc1[C@H]1CCOc2cc(S(N)(=O)=O)ccc21. The topological polar surface area (TPSA) is 87.2 Å². The van der Waals surface area contributed by atoms with Crippen LogP contribution < -0.4 is 9.88 Å². The molecule has 0 amide bonds. The van der Waals surface area contributed by atoms with Crippen LogP contribution in [0.5, 0.6) is 5.75 Å². The summed E-state index contributed by atoms with van der Waals surface area (Å²) in [6, 6.07) is 9.64. The number of primary sulfonamides is 1. The first-order valence-electron chi connectivity index (χ1n) is 9.05. The number of nitrogens with zero attached hydrogens (tertiary/aromatic N) is 2. The summed E-state index contributed by atoms with van der Waals surface area (Å²) in [4.78, 5) is -0.0822. The van der Waals surface area contributed by atoms with Crippen molar-refractivity contribution >= 4 is 10.0 Å². The Morgan fingerprint density at radius 2 is 1.87 bits per heavy atom. The summed E-state index contributed by atoms with van der Waals surface area (Å²) < 4.78 is 70.6. The minimum atomic E-state index is -4.48. The molecule has 1 aliphatic heterocycles. The predicted molar refractivity (Wildman–Crippen MR) is 103 cm³/mol. The maximum Gasteiger partial charge on any atom is 0.416 e. The number of hydrogen-bond acceptors (Lipinski definition) is 4. The van der Waals surface area contributed by atoms with Crippen LogP contribution in [-0.2, 0) is 23.2 Å². The van der Waals surface area contributed by atoms with Gasteiger partial charge in [-0.3, -0.25) is 4.68 Å². The second-order valence-electron chi connectivity index (χ2n) is 7.07. The molecule has 10 heteroatoms. The quantitative estimate of drug-likeness (QED) is 0.677. The third-order valence-corrected chi connectivity index (χ3v) is 6.12. The van der Waals surface area contributed by atoms with E-state index < -0.39 is 21.8 Å². The van der Waals surface area contributed by atoms with Crippen LogP contribution in [0, 0.1) is 0 Å². The standard InChI is InChI=1S/C20H18F3N3O3S/c1-26-18(6-8-25-26)17-10-12(20(21,22)23)2-4-14(17)15-7-9-29-19-11-13(30(24,27)28)3-5-16(15)19/h2-6,8,10-11,15H,7,9H2,1H3,(H2,24,27,28)/t15-/m1/s1. The molecule has 1 aromatic heterocycles. The second kappa shape index (κ2) is 7.13. The minimum Gasteiger partial charge on any atom is -0.493 e. The van der Waals surface area contributed by atoms with E-state index in [1.54, 1.807) is 19.2 Å². The molecule has 6 nitrogen and oxygen atoms in total. The molecule has 1 atom stereocenters. The van der Waals surface area contributed by atoms with Gasteiger partial charge >= 0.3 is 6.18 Å². The van der Waals surface area contributed by atoms with Crippen LogP contribution in [0.15, 0.2) is 53.6 Å². The monoisotopic (exact) mass is 437 g/mol. The highest BCUT2D eigenvalue weighted by Gasteiger charge is 2.33. The van der Waals surface area contributed by atoms with E-state index in [9.17, 15) is 21.6 Å². The second-order valence-corrected chi connectivity index (χ2v) is 8.64. The lowest BCUT2D eigenvalue weighted by Crippen LogP contribution is -2.18. The van der Waals surface area contributed by atoms with Crippen LogP contribution in [0.3, 0.4) is 0 Å². The molecule has 0 aliphatic carbocycles. The summed E-state index contributed by atoms with van der Waals surface area (Å²) in [5.74, 6) is 0.0732. The maximum absolute atomic E-state index is 13.4. The van der Waals surface area contributed by atoms with Gasteiger partial charge in [0.15, 0.2) is 0 Å². The van der Waals surface area contributed by atoms with Gasteiger partial charge in [-0.25, -0.2) is 13.6 Å². The summed E-state index contributed by atoms with van der Waals surface area (Å²) in [6.07, 6.45) is -2.43. The first-order chi connectivity index (χ1) is 14.1. The van der Waals surface area contributed by atoms with E-state index in [1.807, 2.05) is 0 Å². The van der Waals surface area contributed by atoms with E-state index >= 15 is 0 Å². The Balaban J connectivity index is 1.89. The van der Waals surface area contributed by atoms with Gasteiger partial charge in [-0.05, 0) is 36.2 Å². The normalized spacial score (nSPS) is 16.8. The zero-order valence-electron chi connectivity index (χ0n) is 15.8. The largest absolute Gasteiger partial charge is 0.493 e. The summed E-state index contributed by atoms with van der Waals surface area (Å²) in [5.41, 5.74) is 1.58. The Labute approximate surface area is 171 Å². The average molecular weight is 437 g/mol. The Hall–Kier alpha value is -2.85. The van der Waals surface area contributed by atoms with Gasteiger partial charge in [-0.15, -0.1) is 0 Å². The van der Waals surface area contributed by atoms with Gasteiger partial charge in [0.25, 0.3) is 0 Å². The van der Waals surface area contributed by atoms with Crippen LogP contribution in [0.4, 0.5) is 13.2 Å². The highest BCUT2D eigenvalue weighted by atomic mass is 32.2. The average Bonchev–Trinajstić information content (AvgIpc) is 3.11. The Kier molecular flexibility index (Phi) is 4.86. The summed E-state index contributed by atoms with van der Waals surface area (Å²) >= 11 is 0. The van der Waals surface area contributed by atoms with Crippen LogP contribution in [0.1, 0.15) is 29.0 Å². The predicted octanol–water partition coefficient (Wildman–Crippen LogP) is 3.67. The van der Waals surface area contributed by atoms with Crippen molar-refractivity contribution in [3.8, 4) is 17.0 Å². The van der Waals surface area contributed by atoms with Crippen molar-refractivity contribution in [1.29, 1.82) is 0 Å². The highest BCUT2D eigenvalue weighted by Crippen LogP contribution is 2.44. The number of rotatable bonds is 3. The maximum atomic E-state index is 13.4. The third kappa shape index (κ3) is 3.68. The molecule has 4 rings (SSSR count). The van der Waals surface area contributed by atoms with E-state index in [0.29, 0.717) is 34.6 Å². The number of aromatic nitrogens is 2. The number of aryl methyl sites for hydroxylation is 1. The van der Waals surface area contributed by atoms with E-state index in [4.69, 9.17) is 9.88 Å². The van der Waals surface area contributed by atoms with E-state index in [-0.39, 0.29) is 17.4 Å². The number of benzene rings is 2. The van der Waals surface area contributed by atoms with Gasteiger partial charge in [0.05, 0.1) is 22.8 Å². The molecule has 0 fully saturated rings. The van der Waals surface area contributed by atoms with Gasteiger partial charge in [0.2, 0.25) is 10.0 Å². The fourth-order valence-corrected chi connectivity index (χ4v) is 4.30. The van der Waals surface area contributed by atoms with Crippen molar-refractivity contribution in [2.24, 2.45) is 12.2 Å². The number of alkyl halides is 3. The fourth-order valence-electron chi connectivity index (χ4n) is 3.77. The molecule has 2 N–H and O–H groups in total. The Morgan fingerprint density at radius 1 is 1.13 bits per heavy atom. The van der Waals surface area contributed by atoms with Crippen LogP contribution >= 0.6 is 0 Å². The summed E-state index contributed by atoms with van der Waals surface area (Å²) in [7, 11) is -2.24. The van der Waals surface area contributed by atoms with Crippen molar-refractivity contribution in [3.05, 3.63) is 65.4 Å². The number of sulfonamides is 1. The van der Waals surface area contributed by atoms with Crippen molar-refractivity contribution in [1.82, 2.24) is 9.78 Å². The molecule has 0 unspecified atom stereocenters. The van der Waals surface area contributed by atoms with Gasteiger partial charge < -0.3 is 4.74 Å². The van der Waals surface area contributed by atoms with Crippen molar-refractivity contribution in [2.75, 3.05) is 6.61 Å². The van der Waals surface area contributed by atoms with Crippen LogP contribution in [-0.4, -0.2) is 24.8 Å². The van der Waals surface area contributed by atoms with Crippen LogP contribution in [0.2, 0.25) is 0 Å². The lowest BCUT2D eigenvalue weighted by molar-refractivity contribution is -0.137. The number of hydrogen-bond donors (Lipinski definition) is 1. The molecule has 0 saturated carbocycles. The molecule has 2 heterocycles. The molecule has 158 valence electrons. The summed E-state index contributed by atoms with van der Waals surface area (Å²) in [6.45, 7) is 0.289. The Morgan fingerprint density at radius 3 is 2.50 bits per heavy atom. The third-order valence-electron chi connectivity index (χ3n) is 5.21. The molecule has 3 aromatic rings. The molecule has 0 saturated heterocycles. The number of nitrogens with two attached hydrogens (primary N) is 1. The van der Waals surface area contributed by atoms with Gasteiger partial charge in [-0.2, -0.15) is 18.3 Å². The van der Waals surface area contributed by atoms with Crippen molar-refractivity contribution in [3.63, 3.8) is 0 Å². The summed E-state index contributed by atoms with van der Waals surface area (Å²) in [5, 5.41) is 9.28. The van der Waals surface area contributed by atoms with E-state index in [0.717, 1.165) is 12.1 Å². The van der Waals surface area contributed by atoms with Gasteiger partial charge in [-0.1, -0.05) is 12.1 Å². The fraction of sp³-hybridized carbons (Fsp3) is 0.250. The lowest BCUT2D eigenvalue weighted by Gasteiger charge is -2.28. The smallest absolute Gasteiger partial charge is 0.416 e. The van der Waals surface area contributed by atoms with Crippen molar-refractivity contribution in [2.45, 2.75) is 23.4 Å². The minimum absolute atomic E-state index is 0.0822. The molecule has 2 aromatic carbocycles. The number of halogens is 3. The zero-order valence-corrected chi connectivity index (χ0v) is 16.7. The van der Waals surface area contributed by atoms with Gasteiger partial charge in [0, 0.05) is 36.4 Å². The van der Waals surface area contributed by atoms with E-state index in [2.05, 4.69) is 5.10 Å². The molecule has 0 radical (unpaired) electrons. The molecule has 30 heavy (non-hydrogen) atoms. The molecule has 1 aliphatic rings. The number of ether oxygens (including phenoxy) is 1. The highest BCUT2D eigenvalue weighted by molar-refractivity contribution is 7.89. The first-order valence-corrected chi connectivity index (χ1v) is 10.6.